The SMILES string of the molecule is Cn1cc(-c2noc(C3(CN)CCCCC3)n2)cn1. The zero-order valence-electron chi connectivity index (χ0n) is 11.2. The maximum atomic E-state index is 5.98. The molecule has 6 heteroatoms. The van der Waals surface area contributed by atoms with Gasteiger partial charge in [0.05, 0.1) is 17.2 Å². The number of aromatic nitrogens is 4. The first kappa shape index (κ1) is 12.3. The van der Waals surface area contributed by atoms with Crippen LogP contribution in [0.15, 0.2) is 16.9 Å². The summed E-state index contributed by atoms with van der Waals surface area (Å²) < 4.78 is 7.21. The van der Waals surface area contributed by atoms with Gasteiger partial charge >= 0.3 is 0 Å². The predicted molar refractivity (Wildman–Crippen MR) is 70.3 cm³/mol. The van der Waals surface area contributed by atoms with Crippen LogP contribution in [0, 0.1) is 0 Å². The Morgan fingerprint density at radius 2 is 2.16 bits per heavy atom. The fourth-order valence-corrected chi connectivity index (χ4v) is 2.83. The van der Waals surface area contributed by atoms with E-state index < -0.39 is 0 Å². The molecule has 0 unspecified atom stereocenters. The van der Waals surface area contributed by atoms with Gasteiger partial charge in [-0.3, -0.25) is 4.68 Å². The highest BCUT2D eigenvalue weighted by Crippen LogP contribution is 2.38. The van der Waals surface area contributed by atoms with Gasteiger partial charge in [-0.2, -0.15) is 10.1 Å². The van der Waals surface area contributed by atoms with E-state index in [4.69, 9.17) is 10.3 Å². The monoisotopic (exact) mass is 261 g/mol. The quantitative estimate of drug-likeness (QED) is 0.908. The average Bonchev–Trinajstić information content (AvgIpc) is 3.08. The summed E-state index contributed by atoms with van der Waals surface area (Å²) in [6, 6.07) is 0. The van der Waals surface area contributed by atoms with Gasteiger partial charge in [0.25, 0.3) is 0 Å². The van der Waals surface area contributed by atoms with Crippen LogP contribution in [0.1, 0.15) is 38.0 Å². The second kappa shape index (κ2) is 4.77. The third kappa shape index (κ3) is 2.16. The molecule has 0 spiro atoms. The van der Waals surface area contributed by atoms with Crippen LogP contribution in [0.5, 0.6) is 0 Å². The van der Waals surface area contributed by atoms with Crippen molar-refractivity contribution in [2.75, 3.05) is 6.54 Å². The summed E-state index contributed by atoms with van der Waals surface area (Å²) in [7, 11) is 1.87. The van der Waals surface area contributed by atoms with Crippen LogP contribution >= 0.6 is 0 Å². The van der Waals surface area contributed by atoms with Crippen LogP contribution in [0.3, 0.4) is 0 Å². The molecule has 2 N–H and O–H groups in total. The molecule has 1 aliphatic rings. The van der Waals surface area contributed by atoms with Crippen molar-refractivity contribution in [1.82, 2.24) is 19.9 Å². The van der Waals surface area contributed by atoms with Crippen LogP contribution in [0.25, 0.3) is 11.4 Å². The third-order valence-electron chi connectivity index (χ3n) is 4.04. The molecular weight excluding hydrogens is 242 g/mol. The second-order valence-corrected chi connectivity index (χ2v) is 5.37. The van der Waals surface area contributed by atoms with Crippen molar-refractivity contribution < 1.29 is 4.52 Å². The van der Waals surface area contributed by atoms with Crippen LogP contribution in [-0.4, -0.2) is 26.5 Å². The summed E-state index contributed by atoms with van der Waals surface area (Å²) in [5.41, 5.74) is 6.73. The van der Waals surface area contributed by atoms with Crippen molar-refractivity contribution in [3.8, 4) is 11.4 Å². The molecular formula is C13H19N5O. The number of nitrogens with two attached hydrogens (primary N) is 1. The molecule has 2 aromatic rings. The van der Waals surface area contributed by atoms with Gasteiger partial charge in [0.15, 0.2) is 0 Å². The van der Waals surface area contributed by atoms with Crippen molar-refractivity contribution in [3.63, 3.8) is 0 Å². The highest BCUT2D eigenvalue weighted by atomic mass is 16.5. The molecule has 0 aromatic carbocycles. The van der Waals surface area contributed by atoms with Gasteiger partial charge in [-0.25, -0.2) is 0 Å². The van der Waals surface area contributed by atoms with E-state index in [0.717, 1.165) is 18.4 Å². The molecule has 19 heavy (non-hydrogen) atoms. The van der Waals surface area contributed by atoms with Crippen LogP contribution < -0.4 is 5.73 Å². The fourth-order valence-electron chi connectivity index (χ4n) is 2.83. The molecule has 0 atom stereocenters. The van der Waals surface area contributed by atoms with E-state index in [1.54, 1.807) is 10.9 Å². The molecule has 0 saturated heterocycles. The Balaban J connectivity index is 1.91. The van der Waals surface area contributed by atoms with Gasteiger partial charge in [0.1, 0.15) is 0 Å². The molecule has 1 fully saturated rings. The minimum atomic E-state index is -0.119. The lowest BCUT2D eigenvalue weighted by Gasteiger charge is -2.32. The molecule has 1 aliphatic carbocycles. The number of hydrogen-bond acceptors (Lipinski definition) is 5. The first-order valence-electron chi connectivity index (χ1n) is 6.77. The highest BCUT2D eigenvalue weighted by Gasteiger charge is 2.38. The Bertz CT molecular complexity index is 553. The lowest BCUT2D eigenvalue weighted by Crippen LogP contribution is -2.37. The number of nitrogens with zero attached hydrogens (tertiary/aromatic N) is 4. The van der Waals surface area contributed by atoms with Crippen molar-refractivity contribution in [2.24, 2.45) is 12.8 Å². The van der Waals surface area contributed by atoms with Crippen LogP contribution in [0.2, 0.25) is 0 Å². The Kier molecular flexibility index (Phi) is 3.10. The van der Waals surface area contributed by atoms with E-state index in [2.05, 4.69) is 15.2 Å². The molecule has 1 saturated carbocycles. The van der Waals surface area contributed by atoms with Crippen molar-refractivity contribution in [1.29, 1.82) is 0 Å². The Morgan fingerprint density at radius 3 is 2.79 bits per heavy atom. The van der Waals surface area contributed by atoms with Gasteiger partial charge in [-0.15, -0.1) is 0 Å². The van der Waals surface area contributed by atoms with Crippen LogP contribution in [-0.2, 0) is 12.5 Å². The summed E-state index contributed by atoms with van der Waals surface area (Å²) in [4.78, 5) is 4.55. The Labute approximate surface area is 112 Å². The molecule has 102 valence electrons. The average molecular weight is 261 g/mol. The van der Waals surface area contributed by atoms with E-state index >= 15 is 0 Å². The highest BCUT2D eigenvalue weighted by molar-refractivity contribution is 5.51. The standard InChI is InChI=1S/C13H19N5O/c1-18-8-10(7-15-18)11-16-12(19-17-11)13(9-14)5-3-2-4-6-13/h7-8H,2-6,9,14H2,1H3. The summed E-state index contributed by atoms with van der Waals surface area (Å²) in [5.74, 6) is 1.29. The fraction of sp³-hybridized carbons (Fsp3) is 0.615. The molecule has 0 bridgehead atoms. The zero-order valence-corrected chi connectivity index (χ0v) is 11.2. The third-order valence-corrected chi connectivity index (χ3v) is 4.04. The van der Waals surface area contributed by atoms with Gasteiger partial charge in [0, 0.05) is 19.8 Å². The Morgan fingerprint density at radius 1 is 1.37 bits per heavy atom. The summed E-state index contributed by atoms with van der Waals surface area (Å²) in [6.07, 6.45) is 9.33. The van der Waals surface area contributed by atoms with Crippen molar-refractivity contribution in [3.05, 3.63) is 18.3 Å². The van der Waals surface area contributed by atoms with Crippen LogP contribution in [0.4, 0.5) is 0 Å². The lowest BCUT2D eigenvalue weighted by molar-refractivity contribution is 0.220. The number of aryl methyl sites for hydroxylation is 1. The summed E-state index contributed by atoms with van der Waals surface area (Å²) in [5, 5.41) is 8.20. The van der Waals surface area contributed by atoms with E-state index in [1.807, 2.05) is 13.2 Å². The lowest BCUT2D eigenvalue weighted by atomic mass is 9.74. The normalized spacial score (nSPS) is 18.6. The first-order valence-corrected chi connectivity index (χ1v) is 6.77. The van der Waals surface area contributed by atoms with Gasteiger partial charge in [-0.1, -0.05) is 24.4 Å². The molecule has 0 aliphatic heterocycles. The van der Waals surface area contributed by atoms with Gasteiger partial charge < -0.3 is 10.3 Å². The van der Waals surface area contributed by atoms with Crippen molar-refractivity contribution in [2.45, 2.75) is 37.5 Å². The van der Waals surface area contributed by atoms with E-state index in [1.165, 1.54) is 19.3 Å². The minimum Gasteiger partial charge on any atom is -0.338 e. The second-order valence-electron chi connectivity index (χ2n) is 5.37. The molecule has 2 heterocycles. The van der Waals surface area contributed by atoms with Gasteiger partial charge in [0.2, 0.25) is 11.7 Å². The number of rotatable bonds is 3. The maximum Gasteiger partial charge on any atom is 0.234 e. The largest absolute Gasteiger partial charge is 0.338 e. The van der Waals surface area contributed by atoms with Gasteiger partial charge in [-0.05, 0) is 12.8 Å². The topological polar surface area (TPSA) is 82.8 Å². The molecule has 2 aromatic heterocycles. The molecule has 3 rings (SSSR count). The van der Waals surface area contributed by atoms with Crippen molar-refractivity contribution >= 4 is 0 Å². The Hall–Kier alpha value is -1.69. The predicted octanol–water partition coefficient (Wildman–Crippen LogP) is 1.63. The molecule has 0 amide bonds. The summed E-state index contributed by atoms with van der Waals surface area (Å²) in [6.45, 7) is 0.571. The minimum absolute atomic E-state index is 0.119. The van der Waals surface area contributed by atoms with E-state index in [0.29, 0.717) is 18.3 Å². The molecule has 0 radical (unpaired) electrons. The maximum absolute atomic E-state index is 5.98. The molecule has 6 nitrogen and oxygen atoms in total. The summed E-state index contributed by atoms with van der Waals surface area (Å²) >= 11 is 0. The van der Waals surface area contributed by atoms with E-state index in [-0.39, 0.29) is 5.41 Å². The zero-order chi connectivity index (χ0) is 13.3. The van der Waals surface area contributed by atoms with E-state index in [9.17, 15) is 0 Å². The smallest absolute Gasteiger partial charge is 0.234 e. The first-order chi connectivity index (χ1) is 9.23. The number of hydrogen-bond donors (Lipinski definition) is 1.